The summed E-state index contributed by atoms with van der Waals surface area (Å²) in [5, 5.41) is 2.94. The van der Waals surface area contributed by atoms with Gasteiger partial charge in [0.05, 0.1) is 0 Å². The molecule has 0 heterocycles. The van der Waals surface area contributed by atoms with E-state index in [0.29, 0.717) is 18.2 Å². The number of benzene rings is 2. The summed E-state index contributed by atoms with van der Waals surface area (Å²) in [6.07, 6.45) is 1.62. The Kier molecular flexibility index (Phi) is 5.53. The minimum absolute atomic E-state index is 0.0243. The third-order valence-corrected chi connectivity index (χ3v) is 4.62. The van der Waals surface area contributed by atoms with Gasteiger partial charge in [-0.05, 0) is 37.0 Å². The summed E-state index contributed by atoms with van der Waals surface area (Å²) >= 11 is 3.42. The number of halogens is 1. The second kappa shape index (κ2) is 7.81. The molecule has 4 nitrogen and oxygen atoms in total. The van der Waals surface area contributed by atoms with Crippen molar-refractivity contribution in [1.29, 1.82) is 0 Å². The van der Waals surface area contributed by atoms with Crippen LogP contribution in [0.5, 0.6) is 5.75 Å². The van der Waals surface area contributed by atoms with E-state index in [-0.39, 0.29) is 11.9 Å². The van der Waals surface area contributed by atoms with Crippen LogP contribution in [0.2, 0.25) is 0 Å². The van der Waals surface area contributed by atoms with Gasteiger partial charge in [-0.1, -0.05) is 52.3 Å². The number of amides is 1. The maximum atomic E-state index is 12.7. The fourth-order valence-corrected chi connectivity index (χ4v) is 2.96. The molecular weight excluding hydrogens is 368 g/mol. The molecule has 1 amide bonds. The SMILES string of the molecule is NC(CNC(=O)C(Oc1cccc(Br)c1)c1ccccc1)C1CC1. The van der Waals surface area contributed by atoms with Crippen LogP contribution in [0.15, 0.2) is 59.1 Å². The lowest BCUT2D eigenvalue weighted by Crippen LogP contribution is -2.41. The zero-order chi connectivity index (χ0) is 16.9. The average molecular weight is 389 g/mol. The van der Waals surface area contributed by atoms with Crippen molar-refractivity contribution < 1.29 is 9.53 Å². The summed E-state index contributed by atoms with van der Waals surface area (Å²) in [7, 11) is 0. The van der Waals surface area contributed by atoms with E-state index in [1.807, 2.05) is 54.6 Å². The predicted octanol–water partition coefficient (Wildman–Crippen LogP) is 3.42. The molecule has 0 radical (unpaired) electrons. The van der Waals surface area contributed by atoms with Crippen molar-refractivity contribution in [3.05, 3.63) is 64.6 Å². The van der Waals surface area contributed by atoms with Crippen molar-refractivity contribution in [3.63, 3.8) is 0 Å². The second-order valence-electron chi connectivity index (χ2n) is 6.11. The molecule has 1 saturated carbocycles. The van der Waals surface area contributed by atoms with Crippen LogP contribution in [0.4, 0.5) is 0 Å². The molecule has 2 atom stereocenters. The Morgan fingerprint density at radius 2 is 1.96 bits per heavy atom. The lowest BCUT2D eigenvalue weighted by atomic mass is 10.1. The quantitative estimate of drug-likeness (QED) is 0.763. The van der Waals surface area contributed by atoms with Crippen molar-refractivity contribution in [2.75, 3.05) is 6.54 Å². The van der Waals surface area contributed by atoms with Gasteiger partial charge in [0.2, 0.25) is 6.10 Å². The Balaban J connectivity index is 1.72. The van der Waals surface area contributed by atoms with Gasteiger partial charge in [-0.15, -0.1) is 0 Å². The Morgan fingerprint density at radius 3 is 2.62 bits per heavy atom. The molecule has 3 N–H and O–H groups in total. The molecule has 1 fully saturated rings. The van der Waals surface area contributed by atoms with E-state index in [1.165, 1.54) is 0 Å². The van der Waals surface area contributed by atoms with Crippen LogP contribution in [-0.2, 0) is 4.79 Å². The van der Waals surface area contributed by atoms with E-state index >= 15 is 0 Å². The van der Waals surface area contributed by atoms with Crippen molar-refractivity contribution in [3.8, 4) is 5.75 Å². The highest BCUT2D eigenvalue weighted by atomic mass is 79.9. The van der Waals surface area contributed by atoms with Gasteiger partial charge in [0.25, 0.3) is 5.91 Å². The van der Waals surface area contributed by atoms with Gasteiger partial charge in [0.1, 0.15) is 5.75 Å². The highest BCUT2D eigenvalue weighted by Gasteiger charge is 2.30. The van der Waals surface area contributed by atoms with E-state index in [1.54, 1.807) is 0 Å². The lowest BCUT2D eigenvalue weighted by Gasteiger charge is -2.20. The highest BCUT2D eigenvalue weighted by Crippen LogP contribution is 2.31. The molecule has 0 aliphatic heterocycles. The normalized spacial score (nSPS) is 16.2. The highest BCUT2D eigenvalue weighted by molar-refractivity contribution is 9.10. The Bertz CT molecular complexity index is 689. The summed E-state index contributed by atoms with van der Waals surface area (Å²) in [5.41, 5.74) is 6.89. The van der Waals surface area contributed by atoms with E-state index in [2.05, 4.69) is 21.2 Å². The third kappa shape index (κ3) is 4.58. The van der Waals surface area contributed by atoms with Crippen LogP contribution >= 0.6 is 15.9 Å². The van der Waals surface area contributed by atoms with E-state index in [4.69, 9.17) is 10.5 Å². The maximum absolute atomic E-state index is 12.7. The van der Waals surface area contributed by atoms with Crippen molar-refractivity contribution in [2.45, 2.75) is 25.0 Å². The maximum Gasteiger partial charge on any atom is 0.265 e. The number of hydrogen-bond donors (Lipinski definition) is 2. The smallest absolute Gasteiger partial charge is 0.265 e. The second-order valence-corrected chi connectivity index (χ2v) is 7.03. The third-order valence-electron chi connectivity index (χ3n) is 4.13. The van der Waals surface area contributed by atoms with Gasteiger partial charge in [-0.3, -0.25) is 4.79 Å². The predicted molar refractivity (Wildman–Crippen MR) is 97.7 cm³/mol. The van der Waals surface area contributed by atoms with Crippen LogP contribution in [0.1, 0.15) is 24.5 Å². The van der Waals surface area contributed by atoms with Crippen molar-refractivity contribution >= 4 is 21.8 Å². The fraction of sp³-hybridized carbons (Fsp3) is 0.316. The molecule has 0 aromatic heterocycles. The summed E-state index contributed by atoms with van der Waals surface area (Å²) in [6.45, 7) is 0.481. The average Bonchev–Trinajstić information content (AvgIpc) is 3.43. The van der Waals surface area contributed by atoms with Crippen LogP contribution in [-0.4, -0.2) is 18.5 Å². The van der Waals surface area contributed by atoms with E-state index in [0.717, 1.165) is 22.9 Å². The van der Waals surface area contributed by atoms with Gasteiger partial charge in [-0.25, -0.2) is 0 Å². The number of carbonyl (C=O) groups is 1. The van der Waals surface area contributed by atoms with Crippen molar-refractivity contribution in [2.24, 2.45) is 11.7 Å². The molecule has 0 bridgehead atoms. The fourth-order valence-electron chi connectivity index (χ4n) is 2.58. The van der Waals surface area contributed by atoms with Crippen LogP contribution in [0.25, 0.3) is 0 Å². The molecule has 126 valence electrons. The van der Waals surface area contributed by atoms with Crippen LogP contribution in [0.3, 0.4) is 0 Å². The van der Waals surface area contributed by atoms with Gasteiger partial charge in [0.15, 0.2) is 0 Å². The largest absolute Gasteiger partial charge is 0.476 e. The van der Waals surface area contributed by atoms with E-state index in [9.17, 15) is 4.79 Å². The molecule has 5 heteroatoms. The Morgan fingerprint density at radius 1 is 1.21 bits per heavy atom. The Hall–Kier alpha value is -1.85. The summed E-state index contributed by atoms with van der Waals surface area (Å²) in [4.78, 5) is 12.7. The first-order valence-electron chi connectivity index (χ1n) is 8.14. The first-order chi connectivity index (χ1) is 11.6. The molecule has 0 spiro atoms. The zero-order valence-corrected chi connectivity index (χ0v) is 14.9. The van der Waals surface area contributed by atoms with Gasteiger partial charge < -0.3 is 15.8 Å². The molecule has 2 aromatic carbocycles. The summed E-state index contributed by atoms with van der Waals surface area (Å²) < 4.78 is 6.87. The standard InChI is InChI=1S/C19H21BrN2O2/c20-15-7-4-8-16(11-15)24-18(14-5-2-1-3-6-14)19(23)22-12-17(21)13-9-10-13/h1-8,11,13,17-18H,9-10,12,21H2,(H,22,23). The minimum Gasteiger partial charge on any atom is -0.476 e. The lowest BCUT2D eigenvalue weighted by molar-refractivity contribution is -0.128. The molecule has 1 aliphatic rings. The van der Waals surface area contributed by atoms with Crippen molar-refractivity contribution in [1.82, 2.24) is 5.32 Å². The monoisotopic (exact) mass is 388 g/mol. The molecule has 1 aliphatic carbocycles. The first kappa shape index (κ1) is 17.0. The number of rotatable bonds is 7. The molecule has 24 heavy (non-hydrogen) atoms. The number of ether oxygens (including phenoxy) is 1. The topological polar surface area (TPSA) is 64.3 Å². The van der Waals surface area contributed by atoms with E-state index < -0.39 is 6.10 Å². The molecular formula is C19H21BrN2O2. The van der Waals surface area contributed by atoms with Gasteiger partial charge >= 0.3 is 0 Å². The Labute approximate surface area is 150 Å². The number of nitrogens with two attached hydrogens (primary N) is 1. The molecule has 0 saturated heterocycles. The number of nitrogens with one attached hydrogen (secondary N) is 1. The van der Waals surface area contributed by atoms with Crippen LogP contribution in [0, 0.1) is 5.92 Å². The number of hydrogen-bond acceptors (Lipinski definition) is 3. The van der Waals surface area contributed by atoms with Gasteiger partial charge in [-0.2, -0.15) is 0 Å². The first-order valence-corrected chi connectivity index (χ1v) is 8.93. The minimum atomic E-state index is -0.702. The molecule has 2 unspecified atom stereocenters. The van der Waals surface area contributed by atoms with Crippen LogP contribution < -0.4 is 15.8 Å². The molecule has 3 rings (SSSR count). The van der Waals surface area contributed by atoms with Gasteiger partial charge in [0, 0.05) is 22.6 Å². The summed E-state index contributed by atoms with van der Waals surface area (Å²) in [5.74, 6) is 1.02. The number of carbonyl (C=O) groups excluding carboxylic acids is 1. The summed E-state index contributed by atoms with van der Waals surface area (Å²) in [6, 6.07) is 17.0. The zero-order valence-electron chi connectivity index (χ0n) is 13.3. The molecule has 2 aromatic rings.